The Morgan fingerprint density at radius 3 is 2.72 bits per heavy atom. The number of nitrogens with one attached hydrogen (secondary N) is 1. The second-order valence-corrected chi connectivity index (χ2v) is 11.1. The maximum absolute atomic E-state index is 14.8. The molecular weight excluding hydrogens is 452 g/mol. The Balaban J connectivity index is 1.93. The van der Waals surface area contributed by atoms with Crippen molar-refractivity contribution in [2.75, 3.05) is 19.1 Å². The molecule has 1 aromatic carbocycles. The molecule has 170 valence electrons. The molecule has 0 saturated carbocycles. The zero-order valence-electron chi connectivity index (χ0n) is 18.0. The van der Waals surface area contributed by atoms with Crippen LogP contribution in [0.25, 0.3) is 10.4 Å². The number of benzene rings is 1. The van der Waals surface area contributed by atoms with Crippen molar-refractivity contribution in [2.24, 2.45) is 5.73 Å². The fourth-order valence-corrected chi connectivity index (χ4v) is 5.08. The van der Waals surface area contributed by atoms with Gasteiger partial charge in [-0.25, -0.2) is 9.37 Å². The number of aliphatic hydroxyl groups excluding tert-OH is 1. The van der Waals surface area contributed by atoms with Gasteiger partial charge >= 0.3 is 0 Å². The Kier molecular flexibility index (Phi) is 7.46. The van der Waals surface area contributed by atoms with Crippen LogP contribution in [-0.2, 0) is 15.3 Å². The minimum Gasteiger partial charge on any atom is -0.388 e. The lowest BCUT2D eigenvalue weighted by molar-refractivity contribution is 0.100. The van der Waals surface area contributed by atoms with Gasteiger partial charge in [-0.2, -0.15) is 0 Å². The normalized spacial score (nSPS) is 14.0. The van der Waals surface area contributed by atoms with Gasteiger partial charge in [0.2, 0.25) is 7.37 Å². The van der Waals surface area contributed by atoms with E-state index in [-0.39, 0.29) is 11.7 Å². The van der Waals surface area contributed by atoms with Crippen LogP contribution in [0.5, 0.6) is 0 Å². The molecule has 2 heterocycles. The number of aromatic nitrogens is 1. The Morgan fingerprint density at radius 2 is 2.09 bits per heavy atom. The van der Waals surface area contributed by atoms with Crippen LogP contribution in [0, 0.1) is 5.82 Å². The molecule has 0 saturated heterocycles. The monoisotopic (exact) mass is 477 g/mol. The molecule has 10 heteroatoms. The lowest BCUT2D eigenvalue weighted by Crippen LogP contribution is -2.11. The predicted molar refractivity (Wildman–Crippen MR) is 125 cm³/mol. The van der Waals surface area contributed by atoms with Crippen LogP contribution in [0.4, 0.5) is 15.2 Å². The van der Waals surface area contributed by atoms with Crippen molar-refractivity contribution >= 4 is 35.4 Å². The number of primary amides is 1. The van der Waals surface area contributed by atoms with Crippen molar-refractivity contribution in [2.45, 2.75) is 25.6 Å². The van der Waals surface area contributed by atoms with Gasteiger partial charge in [-0.3, -0.25) is 9.36 Å². The van der Waals surface area contributed by atoms with Gasteiger partial charge in [-0.15, -0.1) is 11.3 Å². The number of hydrogen-bond donors (Lipinski definition) is 3. The number of nitrogens with zero attached hydrogens (tertiary/aromatic N) is 1. The number of halogens is 1. The van der Waals surface area contributed by atoms with E-state index in [0.29, 0.717) is 38.9 Å². The molecule has 0 bridgehead atoms. The number of hydrogen-bond acceptors (Lipinski definition) is 7. The Hall–Kier alpha value is -2.58. The standard InChI is InChI=1S/C22H25FN3O4PS/c1-4-18(27)13-8-9-15(17(23)10-13)19-11-16(21(24)28)22(32-19)26-20-7-5-6-14(25-20)12-31(3,29)30-2/h5-11,18,27H,4,12H2,1-3H3,(H2,24,28)(H,25,26). The van der Waals surface area contributed by atoms with Crippen molar-refractivity contribution in [3.8, 4) is 10.4 Å². The molecular formula is C22H25FN3O4PS. The number of carbonyl (C=O) groups excluding carboxylic acids is 1. The minimum absolute atomic E-state index is 0.165. The average Bonchev–Trinajstić information content (AvgIpc) is 3.16. The third kappa shape index (κ3) is 5.61. The molecule has 0 aliphatic rings. The number of thiophene rings is 1. The van der Waals surface area contributed by atoms with Crippen LogP contribution in [0.2, 0.25) is 0 Å². The van der Waals surface area contributed by atoms with Gasteiger partial charge in [0.05, 0.1) is 23.5 Å². The summed E-state index contributed by atoms with van der Waals surface area (Å²) in [7, 11) is -1.41. The van der Waals surface area contributed by atoms with Crippen LogP contribution >= 0.6 is 18.7 Å². The van der Waals surface area contributed by atoms with E-state index in [1.165, 1.54) is 25.9 Å². The molecule has 3 aromatic rings. The summed E-state index contributed by atoms with van der Waals surface area (Å²) in [6, 6.07) is 11.2. The molecule has 32 heavy (non-hydrogen) atoms. The molecule has 0 spiro atoms. The molecule has 2 atom stereocenters. The van der Waals surface area contributed by atoms with Crippen molar-refractivity contribution in [3.05, 3.63) is 65.1 Å². The molecule has 7 nitrogen and oxygen atoms in total. The van der Waals surface area contributed by atoms with Crippen molar-refractivity contribution in [1.29, 1.82) is 0 Å². The SMILES string of the molecule is CCC(O)c1ccc(-c2cc(C(N)=O)c(Nc3cccc(CP(C)(=O)OC)n3)s2)c(F)c1. The maximum atomic E-state index is 14.8. The fraction of sp³-hybridized carbons (Fsp3) is 0.273. The summed E-state index contributed by atoms with van der Waals surface area (Å²) >= 11 is 1.16. The van der Waals surface area contributed by atoms with Gasteiger partial charge < -0.3 is 20.7 Å². The summed E-state index contributed by atoms with van der Waals surface area (Å²) in [5.41, 5.74) is 7.09. The second kappa shape index (κ2) is 9.92. The Labute approximate surface area is 189 Å². The highest BCUT2D eigenvalue weighted by Gasteiger charge is 2.19. The zero-order chi connectivity index (χ0) is 23.5. The number of carbonyl (C=O) groups is 1. The van der Waals surface area contributed by atoms with Crippen LogP contribution < -0.4 is 11.1 Å². The molecule has 3 rings (SSSR count). The van der Waals surface area contributed by atoms with Gasteiger partial charge in [0.1, 0.15) is 16.6 Å². The predicted octanol–water partition coefficient (Wildman–Crippen LogP) is 5.29. The number of pyridine rings is 1. The first-order valence-electron chi connectivity index (χ1n) is 9.90. The molecule has 0 fully saturated rings. The van der Waals surface area contributed by atoms with Crippen LogP contribution in [0.1, 0.15) is 41.1 Å². The molecule has 0 aliphatic carbocycles. The number of nitrogens with two attached hydrogens (primary N) is 1. The van der Waals surface area contributed by atoms with Crippen molar-refractivity contribution in [1.82, 2.24) is 4.98 Å². The summed E-state index contributed by atoms with van der Waals surface area (Å²) in [5.74, 6) is -0.740. The zero-order valence-corrected chi connectivity index (χ0v) is 19.7. The number of rotatable bonds is 9. The molecule has 0 aliphatic heterocycles. The maximum Gasteiger partial charge on any atom is 0.251 e. The Bertz CT molecular complexity index is 1180. The number of anilines is 2. The van der Waals surface area contributed by atoms with Crippen LogP contribution in [-0.4, -0.2) is 29.8 Å². The first-order chi connectivity index (χ1) is 15.1. The summed E-state index contributed by atoms with van der Waals surface area (Å²) in [6.45, 7) is 3.34. The van der Waals surface area contributed by atoms with Crippen molar-refractivity contribution in [3.63, 3.8) is 0 Å². The minimum atomic E-state index is -2.80. The average molecular weight is 477 g/mol. The van der Waals surface area contributed by atoms with Gasteiger partial charge in [0, 0.05) is 24.2 Å². The fourth-order valence-electron chi connectivity index (χ4n) is 3.09. The molecule has 1 amide bonds. The van der Waals surface area contributed by atoms with E-state index in [4.69, 9.17) is 10.3 Å². The summed E-state index contributed by atoms with van der Waals surface area (Å²) in [4.78, 5) is 16.9. The second-order valence-electron chi connectivity index (χ2n) is 7.37. The van der Waals surface area contributed by atoms with E-state index in [1.807, 2.05) is 6.92 Å². The quantitative estimate of drug-likeness (QED) is 0.361. The van der Waals surface area contributed by atoms with E-state index in [1.54, 1.807) is 30.3 Å². The van der Waals surface area contributed by atoms with Crippen LogP contribution in [0.3, 0.4) is 0 Å². The summed E-state index contributed by atoms with van der Waals surface area (Å²) in [6.07, 6.45) is -0.102. The summed E-state index contributed by atoms with van der Waals surface area (Å²) in [5, 5.41) is 13.4. The van der Waals surface area contributed by atoms with E-state index in [2.05, 4.69) is 10.3 Å². The van der Waals surface area contributed by atoms with Crippen molar-refractivity contribution < 1.29 is 23.4 Å². The number of amides is 1. The van der Waals surface area contributed by atoms with E-state index < -0.39 is 25.2 Å². The molecule has 0 radical (unpaired) electrons. The highest BCUT2D eigenvalue weighted by atomic mass is 32.1. The van der Waals surface area contributed by atoms with Gasteiger partial charge in [0.25, 0.3) is 5.91 Å². The largest absolute Gasteiger partial charge is 0.388 e. The smallest absolute Gasteiger partial charge is 0.251 e. The number of aliphatic hydroxyl groups is 1. The Morgan fingerprint density at radius 1 is 1.34 bits per heavy atom. The third-order valence-electron chi connectivity index (χ3n) is 4.91. The first kappa shape index (κ1) is 24.1. The first-order valence-corrected chi connectivity index (χ1v) is 13.0. The van der Waals surface area contributed by atoms with E-state index >= 15 is 0 Å². The molecule has 2 aromatic heterocycles. The van der Waals surface area contributed by atoms with E-state index in [0.717, 1.165) is 11.3 Å². The highest BCUT2D eigenvalue weighted by molar-refractivity contribution is 7.57. The molecule has 4 N–H and O–H groups in total. The third-order valence-corrected chi connectivity index (χ3v) is 7.67. The van der Waals surface area contributed by atoms with Crippen LogP contribution in [0.15, 0.2) is 42.5 Å². The lowest BCUT2D eigenvalue weighted by atomic mass is 10.0. The molecule has 2 unspecified atom stereocenters. The van der Waals surface area contributed by atoms with Gasteiger partial charge in [-0.1, -0.05) is 25.1 Å². The van der Waals surface area contributed by atoms with Gasteiger partial charge in [-0.05, 0) is 36.2 Å². The summed E-state index contributed by atoms with van der Waals surface area (Å²) < 4.78 is 32.0. The topological polar surface area (TPSA) is 115 Å². The van der Waals surface area contributed by atoms with E-state index in [9.17, 15) is 18.9 Å². The lowest BCUT2D eigenvalue weighted by Gasteiger charge is -2.11. The highest BCUT2D eigenvalue weighted by Crippen LogP contribution is 2.45. The van der Waals surface area contributed by atoms with Gasteiger partial charge in [0.15, 0.2) is 0 Å².